The zero-order valence-electron chi connectivity index (χ0n) is 10.8. The van der Waals surface area contributed by atoms with Gasteiger partial charge in [-0.3, -0.25) is 4.79 Å². The number of primary amides is 1. The SMILES string of the molecule is NC(=O)c1ccc(S(=O)(=O)NCC2(O)CCC2)c(N)c1. The van der Waals surface area contributed by atoms with Crippen molar-refractivity contribution in [1.29, 1.82) is 0 Å². The van der Waals surface area contributed by atoms with E-state index in [2.05, 4.69) is 4.72 Å². The van der Waals surface area contributed by atoms with Crippen molar-refractivity contribution in [1.82, 2.24) is 4.72 Å². The van der Waals surface area contributed by atoms with Gasteiger partial charge in [-0.25, -0.2) is 13.1 Å². The minimum Gasteiger partial charge on any atom is -0.398 e. The maximum atomic E-state index is 12.1. The van der Waals surface area contributed by atoms with Crippen molar-refractivity contribution in [2.45, 2.75) is 29.8 Å². The molecule has 0 saturated heterocycles. The number of carbonyl (C=O) groups is 1. The van der Waals surface area contributed by atoms with Gasteiger partial charge in [0.2, 0.25) is 15.9 Å². The third kappa shape index (κ3) is 2.92. The van der Waals surface area contributed by atoms with Crippen LogP contribution in [0.4, 0.5) is 5.69 Å². The maximum absolute atomic E-state index is 12.1. The van der Waals surface area contributed by atoms with Gasteiger partial charge in [-0.05, 0) is 37.5 Å². The Bertz CT molecular complexity index is 638. The van der Waals surface area contributed by atoms with E-state index in [9.17, 15) is 18.3 Å². The monoisotopic (exact) mass is 299 g/mol. The second-order valence-corrected chi connectivity index (χ2v) is 6.75. The molecule has 1 aromatic rings. The van der Waals surface area contributed by atoms with E-state index in [0.717, 1.165) is 6.42 Å². The number of nitrogens with two attached hydrogens (primary N) is 2. The van der Waals surface area contributed by atoms with Gasteiger partial charge >= 0.3 is 0 Å². The van der Waals surface area contributed by atoms with Crippen molar-refractivity contribution < 1.29 is 18.3 Å². The molecule has 0 spiro atoms. The highest BCUT2D eigenvalue weighted by molar-refractivity contribution is 7.89. The largest absolute Gasteiger partial charge is 0.398 e. The first kappa shape index (κ1) is 14.8. The molecule has 1 aliphatic carbocycles. The molecule has 0 unspecified atom stereocenters. The molecule has 1 aromatic carbocycles. The topological polar surface area (TPSA) is 136 Å². The van der Waals surface area contributed by atoms with Gasteiger partial charge in [0.1, 0.15) is 4.90 Å². The number of benzene rings is 1. The molecule has 0 aromatic heterocycles. The molecule has 1 aliphatic rings. The van der Waals surface area contributed by atoms with Gasteiger partial charge in [0.25, 0.3) is 0 Å². The molecule has 110 valence electrons. The zero-order chi connectivity index (χ0) is 15.0. The number of amides is 1. The summed E-state index contributed by atoms with van der Waals surface area (Å²) in [6.45, 7) is -0.0493. The summed E-state index contributed by atoms with van der Waals surface area (Å²) >= 11 is 0. The number of anilines is 1. The Morgan fingerprint density at radius 2 is 2.05 bits per heavy atom. The summed E-state index contributed by atoms with van der Waals surface area (Å²) in [7, 11) is -3.83. The fourth-order valence-electron chi connectivity index (χ4n) is 2.02. The summed E-state index contributed by atoms with van der Waals surface area (Å²) in [5.74, 6) is -0.683. The van der Waals surface area contributed by atoms with Crippen LogP contribution < -0.4 is 16.2 Å². The lowest BCUT2D eigenvalue weighted by atomic mass is 9.81. The fraction of sp³-hybridized carbons (Fsp3) is 0.417. The molecule has 2 rings (SSSR count). The number of hydrogen-bond donors (Lipinski definition) is 4. The number of hydrogen-bond acceptors (Lipinski definition) is 5. The summed E-state index contributed by atoms with van der Waals surface area (Å²) in [5.41, 5.74) is 9.85. The molecule has 6 N–H and O–H groups in total. The van der Waals surface area contributed by atoms with E-state index in [1.165, 1.54) is 18.2 Å². The van der Waals surface area contributed by atoms with Crippen molar-refractivity contribution in [2.75, 3.05) is 12.3 Å². The molecule has 0 atom stereocenters. The Morgan fingerprint density at radius 1 is 1.40 bits per heavy atom. The van der Waals surface area contributed by atoms with E-state index in [0.29, 0.717) is 12.8 Å². The predicted octanol–water partition coefficient (Wildman–Crippen LogP) is -0.439. The van der Waals surface area contributed by atoms with Crippen LogP contribution in [0.15, 0.2) is 23.1 Å². The van der Waals surface area contributed by atoms with Crippen LogP contribution in [0.3, 0.4) is 0 Å². The highest BCUT2D eigenvalue weighted by Crippen LogP contribution is 2.31. The van der Waals surface area contributed by atoms with Crippen LogP contribution in [0, 0.1) is 0 Å². The lowest BCUT2D eigenvalue weighted by molar-refractivity contribution is -0.0270. The summed E-state index contributed by atoms with van der Waals surface area (Å²) in [6, 6.07) is 3.74. The van der Waals surface area contributed by atoms with Crippen molar-refractivity contribution in [2.24, 2.45) is 5.73 Å². The normalized spacial score (nSPS) is 17.4. The zero-order valence-corrected chi connectivity index (χ0v) is 11.6. The molecule has 20 heavy (non-hydrogen) atoms. The van der Waals surface area contributed by atoms with Crippen LogP contribution in [-0.2, 0) is 10.0 Å². The number of aliphatic hydroxyl groups is 1. The van der Waals surface area contributed by atoms with Crippen molar-refractivity contribution >= 4 is 21.6 Å². The smallest absolute Gasteiger partial charge is 0.248 e. The minimum absolute atomic E-state index is 0.0493. The summed E-state index contributed by atoms with van der Waals surface area (Å²) < 4.78 is 26.5. The Morgan fingerprint density at radius 3 is 2.50 bits per heavy atom. The molecule has 0 heterocycles. The summed E-state index contributed by atoms with van der Waals surface area (Å²) in [4.78, 5) is 10.9. The van der Waals surface area contributed by atoms with Crippen molar-refractivity contribution in [3.8, 4) is 0 Å². The Kier molecular flexibility index (Phi) is 3.72. The maximum Gasteiger partial charge on any atom is 0.248 e. The van der Waals surface area contributed by atoms with Gasteiger partial charge in [-0.1, -0.05) is 0 Å². The molecule has 1 saturated carbocycles. The quantitative estimate of drug-likeness (QED) is 0.547. The van der Waals surface area contributed by atoms with Crippen LogP contribution in [0.25, 0.3) is 0 Å². The first-order chi connectivity index (χ1) is 9.23. The van der Waals surface area contributed by atoms with Crippen molar-refractivity contribution in [3.63, 3.8) is 0 Å². The first-order valence-electron chi connectivity index (χ1n) is 6.15. The minimum atomic E-state index is -3.83. The molecule has 0 bridgehead atoms. The first-order valence-corrected chi connectivity index (χ1v) is 7.63. The van der Waals surface area contributed by atoms with E-state index in [1.807, 2.05) is 0 Å². The molecule has 8 heteroatoms. The molecular formula is C12H17N3O4S. The van der Waals surface area contributed by atoms with Crippen LogP contribution in [-0.4, -0.2) is 31.6 Å². The predicted molar refractivity (Wildman–Crippen MR) is 73.4 cm³/mol. The van der Waals surface area contributed by atoms with E-state index in [4.69, 9.17) is 11.5 Å². The second kappa shape index (κ2) is 5.04. The van der Waals surface area contributed by atoms with Crippen LogP contribution >= 0.6 is 0 Å². The van der Waals surface area contributed by atoms with E-state index < -0.39 is 21.5 Å². The van der Waals surface area contributed by atoms with Crippen LogP contribution in [0.2, 0.25) is 0 Å². The van der Waals surface area contributed by atoms with Gasteiger partial charge in [-0.2, -0.15) is 0 Å². The summed E-state index contributed by atoms with van der Waals surface area (Å²) in [6.07, 6.45) is 2.03. The van der Waals surface area contributed by atoms with Gasteiger partial charge in [0.15, 0.2) is 0 Å². The molecule has 1 fully saturated rings. The Labute approximate surface area is 117 Å². The molecular weight excluding hydrogens is 282 g/mol. The van der Waals surface area contributed by atoms with Gasteiger partial charge in [0.05, 0.1) is 11.3 Å². The van der Waals surface area contributed by atoms with Crippen LogP contribution in [0.1, 0.15) is 29.6 Å². The van der Waals surface area contributed by atoms with Gasteiger partial charge in [-0.15, -0.1) is 0 Å². The Hall–Kier alpha value is -1.64. The average Bonchev–Trinajstić information content (AvgIpc) is 2.33. The van der Waals surface area contributed by atoms with Crippen LogP contribution in [0.5, 0.6) is 0 Å². The number of sulfonamides is 1. The third-order valence-electron chi connectivity index (χ3n) is 3.46. The standard InChI is InChI=1S/C12H17N3O4S/c13-9-6-8(11(14)16)2-3-10(9)20(18,19)15-7-12(17)4-1-5-12/h2-3,6,15,17H,1,4-5,7,13H2,(H2,14,16). The average molecular weight is 299 g/mol. The molecule has 7 nitrogen and oxygen atoms in total. The van der Waals surface area contributed by atoms with E-state index >= 15 is 0 Å². The van der Waals surface area contributed by atoms with Crippen molar-refractivity contribution in [3.05, 3.63) is 23.8 Å². The third-order valence-corrected chi connectivity index (χ3v) is 4.93. The van der Waals surface area contributed by atoms with E-state index in [1.54, 1.807) is 0 Å². The fourth-order valence-corrected chi connectivity index (χ4v) is 3.25. The molecule has 1 amide bonds. The van der Waals surface area contributed by atoms with Gasteiger partial charge in [0, 0.05) is 12.1 Å². The lowest BCUT2D eigenvalue weighted by Gasteiger charge is -2.36. The van der Waals surface area contributed by atoms with Gasteiger partial charge < -0.3 is 16.6 Å². The lowest BCUT2D eigenvalue weighted by Crippen LogP contribution is -2.47. The van der Waals surface area contributed by atoms with E-state index in [-0.39, 0.29) is 22.7 Å². The summed E-state index contributed by atoms with van der Waals surface area (Å²) in [5, 5.41) is 9.89. The Balaban J connectivity index is 2.18. The number of nitrogens with one attached hydrogen (secondary N) is 1. The number of carbonyl (C=O) groups excluding carboxylic acids is 1. The second-order valence-electron chi connectivity index (χ2n) is 5.02. The highest BCUT2D eigenvalue weighted by Gasteiger charge is 2.35. The highest BCUT2D eigenvalue weighted by atomic mass is 32.2. The number of nitrogen functional groups attached to an aromatic ring is 1. The molecule has 0 aliphatic heterocycles. The molecule has 0 radical (unpaired) electrons. The number of rotatable bonds is 5.